The predicted molar refractivity (Wildman–Crippen MR) is 89.9 cm³/mol. The first-order valence-corrected chi connectivity index (χ1v) is 8.93. The van der Waals surface area contributed by atoms with Gasteiger partial charge in [-0.3, -0.25) is 4.79 Å². The van der Waals surface area contributed by atoms with Gasteiger partial charge in [0.2, 0.25) is 0 Å². The van der Waals surface area contributed by atoms with Gasteiger partial charge in [-0.1, -0.05) is 43.5 Å². The maximum Gasteiger partial charge on any atom is 0.253 e. The molecule has 0 atom stereocenters. The summed E-state index contributed by atoms with van der Waals surface area (Å²) in [5.74, 6) is 0.0638. The van der Waals surface area contributed by atoms with Crippen LogP contribution in [-0.2, 0) is 0 Å². The summed E-state index contributed by atoms with van der Waals surface area (Å²) in [6.45, 7) is 4.59. The normalized spacial score (nSPS) is 17.1. The fourth-order valence-electron chi connectivity index (χ4n) is 2.38. The summed E-state index contributed by atoms with van der Waals surface area (Å²) in [4.78, 5) is 16.8. The zero-order valence-electron chi connectivity index (χ0n) is 11.1. The Bertz CT molecular complexity index is 464. The smallest absolute Gasteiger partial charge is 0.253 e. The lowest BCUT2D eigenvalue weighted by molar-refractivity contribution is 0.0762. The Balaban J connectivity index is 2.05. The van der Waals surface area contributed by atoms with Crippen molar-refractivity contribution in [3.63, 3.8) is 0 Å². The van der Waals surface area contributed by atoms with Gasteiger partial charge < -0.3 is 9.80 Å². The minimum absolute atomic E-state index is 0.0638. The van der Waals surface area contributed by atoms with E-state index in [1.54, 1.807) is 12.1 Å². The molecule has 0 saturated carbocycles. The number of nitrogens with zero attached hydrogens (tertiary/aromatic N) is 2. The number of halogens is 3. The summed E-state index contributed by atoms with van der Waals surface area (Å²) >= 11 is 12.9. The number of benzene rings is 1. The number of alkyl halides is 1. The van der Waals surface area contributed by atoms with E-state index in [0.29, 0.717) is 10.6 Å². The fourth-order valence-corrected chi connectivity index (χ4v) is 3.74. The van der Waals surface area contributed by atoms with Crippen molar-refractivity contribution in [2.45, 2.75) is 6.42 Å². The molecule has 3 nitrogen and oxygen atoms in total. The summed E-state index contributed by atoms with van der Waals surface area (Å²) in [5, 5.41) is 1.56. The molecule has 2 rings (SSSR count). The second kappa shape index (κ2) is 7.78. The molecule has 6 heteroatoms. The Labute approximate surface area is 141 Å². The van der Waals surface area contributed by atoms with Crippen molar-refractivity contribution in [3.8, 4) is 0 Å². The zero-order valence-corrected chi connectivity index (χ0v) is 15.0. The maximum atomic E-state index is 12.5. The quantitative estimate of drug-likeness (QED) is 0.692. The van der Waals surface area contributed by atoms with Crippen LogP contribution in [0.1, 0.15) is 16.8 Å². The first-order valence-electron chi connectivity index (χ1n) is 6.64. The van der Waals surface area contributed by atoms with Gasteiger partial charge in [0, 0.05) is 46.6 Å². The van der Waals surface area contributed by atoms with E-state index in [0.717, 1.165) is 48.9 Å². The van der Waals surface area contributed by atoms with E-state index < -0.39 is 0 Å². The highest BCUT2D eigenvalue weighted by Crippen LogP contribution is 2.21. The van der Waals surface area contributed by atoms with Crippen molar-refractivity contribution < 1.29 is 4.79 Å². The molecule has 1 amide bonds. The molecule has 0 aliphatic carbocycles. The third kappa shape index (κ3) is 4.45. The van der Waals surface area contributed by atoms with Crippen LogP contribution < -0.4 is 0 Å². The van der Waals surface area contributed by atoms with E-state index in [9.17, 15) is 4.79 Å². The van der Waals surface area contributed by atoms with Crippen LogP contribution in [0.3, 0.4) is 0 Å². The van der Waals surface area contributed by atoms with Crippen molar-refractivity contribution in [2.24, 2.45) is 0 Å². The summed E-state index contributed by atoms with van der Waals surface area (Å²) in [5.41, 5.74) is 0.651. The van der Waals surface area contributed by atoms with E-state index in [2.05, 4.69) is 36.8 Å². The van der Waals surface area contributed by atoms with Gasteiger partial charge in [0.15, 0.2) is 0 Å². The standard InChI is InChI=1S/C14H17Br2ClN2O/c15-2-5-18-3-1-4-19(7-6-18)14(20)11-8-12(16)10-13(17)9-11/h8-10H,1-7H2. The molecule has 0 N–H and O–H groups in total. The molecule has 0 unspecified atom stereocenters. The SMILES string of the molecule is O=C(c1cc(Cl)cc(Br)c1)N1CCCN(CCBr)CC1. The largest absolute Gasteiger partial charge is 0.337 e. The number of hydrogen-bond donors (Lipinski definition) is 0. The number of amides is 1. The second-order valence-corrected chi connectivity index (χ2v) is 6.98. The van der Waals surface area contributed by atoms with Crippen molar-refractivity contribution in [1.82, 2.24) is 9.80 Å². The third-order valence-corrected chi connectivity index (χ3v) is 4.42. The first-order chi connectivity index (χ1) is 9.60. The second-order valence-electron chi connectivity index (χ2n) is 4.83. The Morgan fingerprint density at radius 3 is 2.70 bits per heavy atom. The molecule has 0 aromatic heterocycles. The predicted octanol–water partition coefficient (Wildman–Crippen LogP) is 3.65. The summed E-state index contributed by atoms with van der Waals surface area (Å²) in [6.07, 6.45) is 1.01. The van der Waals surface area contributed by atoms with Crippen LogP contribution in [0.25, 0.3) is 0 Å². The van der Waals surface area contributed by atoms with Crippen LogP contribution in [0, 0.1) is 0 Å². The van der Waals surface area contributed by atoms with Crippen LogP contribution in [0.2, 0.25) is 5.02 Å². The number of carbonyl (C=O) groups is 1. The molecule has 1 aliphatic heterocycles. The number of hydrogen-bond acceptors (Lipinski definition) is 2. The van der Waals surface area contributed by atoms with Crippen molar-refractivity contribution in [2.75, 3.05) is 38.1 Å². The minimum atomic E-state index is 0.0638. The lowest BCUT2D eigenvalue weighted by Gasteiger charge is -2.21. The minimum Gasteiger partial charge on any atom is -0.337 e. The lowest BCUT2D eigenvalue weighted by Crippen LogP contribution is -2.35. The van der Waals surface area contributed by atoms with Crippen molar-refractivity contribution in [1.29, 1.82) is 0 Å². The lowest BCUT2D eigenvalue weighted by atomic mass is 10.2. The Morgan fingerprint density at radius 2 is 2.00 bits per heavy atom. The van der Waals surface area contributed by atoms with Gasteiger partial charge >= 0.3 is 0 Å². The molecule has 1 fully saturated rings. The monoisotopic (exact) mass is 422 g/mol. The molecular formula is C14H17Br2ClN2O. The van der Waals surface area contributed by atoms with Crippen LogP contribution in [-0.4, -0.2) is 53.8 Å². The summed E-state index contributed by atoms with van der Waals surface area (Å²) < 4.78 is 0.837. The van der Waals surface area contributed by atoms with Gasteiger partial charge in [0.25, 0.3) is 5.91 Å². The van der Waals surface area contributed by atoms with E-state index in [4.69, 9.17) is 11.6 Å². The first kappa shape index (κ1) is 16.3. The number of carbonyl (C=O) groups excluding carboxylic acids is 1. The van der Waals surface area contributed by atoms with E-state index in [1.165, 1.54) is 0 Å². The third-order valence-electron chi connectivity index (χ3n) is 3.39. The average molecular weight is 425 g/mol. The molecule has 1 aromatic carbocycles. The van der Waals surface area contributed by atoms with Crippen LogP contribution >= 0.6 is 43.5 Å². The molecule has 1 heterocycles. The van der Waals surface area contributed by atoms with Gasteiger partial charge in [0.05, 0.1) is 0 Å². The highest BCUT2D eigenvalue weighted by molar-refractivity contribution is 9.10. The van der Waals surface area contributed by atoms with Gasteiger partial charge in [-0.2, -0.15) is 0 Å². The molecule has 110 valence electrons. The van der Waals surface area contributed by atoms with Crippen LogP contribution in [0.4, 0.5) is 0 Å². The molecule has 1 saturated heterocycles. The molecule has 1 aliphatic rings. The summed E-state index contributed by atoms with van der Waals surface area (Å²) in [6, 6.07) is 5.35. The van der Waals surface area contributed by atoms with Gasteiger partial charge in [-0.15, -0.1) is 0 Å². The number of rotatable bonds is 3. The molecule has 0 spiro atoms. The topological polar surface area (TPSA) is 23.6 Å². The Morgan fingerprint density at radius 1 is 1.20 bits per heavy atom. The van der Waals surface area contributed by atoms with Gasteiger partial charge in [-0.25, -0.2) is 0 Å². The van der Waals surface area contributed by atoms with Crippen molar-refractivity contribution in [3.05, 3.63) is 33.3 Å². The van der Waals surface area contributed by atoms with Crippen molar-refractivity contribution >= 4 is 49.4 Å². The maximum absolute atomic E-state index is 12.5. The highest BCUT2D eigenvalue weighted by atomic mass is 79.9. The van der Waals surface area contributed by atoms with E-state index >= 15 is 0 Å². The Kier molecular flexibility index (Phi) is 6.33. The van der Waals surface area contributed by atoms with Crippen LogP contribution in [0.15, 0.2) is 22.7 Å². The molecule has 1 aromatic rings. The molecular weight excluding hydrogens is 407 g/mol. The molecule has 0 bridgehead atoms. The Hall–Kier alpha value is -0.100. The average Bonchev–Trinajstić information content (AvgIpc) is 2.63. The van der Waals surface area contributed by atoms with Crippen LogP contribution in [0.5, 0.6) is 0 Å². The van der Waals surface area contributed by atoms with E-state index in [-0.39, 0.29) is 5.91 Å². The highest BCUT2D eigenvalue weighted by Gasteiger charge is 2.20. The zero-order chi connectivity index (χ0) is 14.5. The van der Waals surface area contributed by atoms with Gasteiger partial charge in [-0.05, 0) is 31.2 Å². The molecule has 20 heavy (non-hydrogen) atoms. The summed E-state index contributed by atoms with van der Waals surface area (Å²) in [7, 11) is 0. The molecule has 0 radical (unpaired) electrons. The van der Waals surface area contributed by atoms with E-state index in [1.807, 2.05) is 11.0 Å². The van der Waals surface area contributed by atoms with Gasteiger partial charge in [0.1, 0.15) is 0 Å². The fraction of sp³-hybridized carbons (Fsp3) is 0.500.